The third-order valence-corrected chi connectivity index (χ3v) is 4.54. The Morgan fingerprint density at radius 1 is 1.07 bits per heavy atom. The minimum absolute atomic E-state index is 0.367. The summed E-state index contributed by atoms with van der Waals surface area (Å²) in [4.78, 5) is 9.56. The molecule has 0 aromatic carbocycles. The lowest BCUT2D eigenvalue weighted by Crippen LogP contribution is -2.00. The van der Waals surface area contributed by atoms with Gasteiger partial charge in [-0.3, -0.25) is 0 Å². The maximum Gasteiger partial charge on any atom is 0.222 e. The molecule has 0 amide bonds. The molecule has 0 aliphatic carbocycles. The molecular weight excluding hydrogens is 338 g/mol. The number of rotatable bonds is 4. The van der Waals surface area contributed by atoms with E-state index in [9.17, 15) is 0 Å². The lowest BCUT2D eigenvalue weighted by Gasteiger charge is -2.13. The van der Waals surface area contributed by atoms with Crippen molar-refractivity contribution in [2.45, 2.75) is 40.5 Å². The number of hydrogen-bond donors (Lipinski definition) is 0. The Balaban J connectivity index is 0.000000596. The Bertz CT molecular complexity index is 912. The molecule has 5 heteroatoms. The van der Waals surface area contributed by atoms with E-state index in [0.29, 0.717) is 11.8 Å². The number of nitrogens with zero attached hydrogens (tertiary/aromatic N) is 3. The minimum atomic E-state index is 0.367. The number of aromatic nitrogens is 3. The van der Waals surface area contributed by atoms with Gasteiger partial charge in [-0.1, -0.05) is 13.8 Å². The molecule has 0 atom stereocenters. The molecule has 0 saturated carbocycles. The smallest absolute Gasteiger partial charge is 0.222 e. The van der Waals surface area contributed by atoms with Crippen molar-refractivity contribution in [3.8, 4) is 17.1 Å². The van der Waals surface area contributed by atoms with Gasteiger partial charge in [0.25, 0.3) is 0 Å². The highest BCUT2D eigenvalue weighted by atomic mass is 16.5. The van der Waals surface area contributed by atoms with Gasteiger partial charge in [-0.05, 0) is 56.0 Å². The van der Waals surface area contributed by atoms with E-state index in [1.54, 1.807) is 14.2 Å². The molecule has 0 spiro atoms. The summed E-state index contributed by atoms with van der Waals surface area (Å²) >= 11 is 0. The van der Waals surface area contributed by atoms with Crippen LogP contribution in [0.5, 0.6) is 5.88 Å². The molecule has 0 radical (unpaired) electrons. The maximum atomic E-state index is 5.54. The van der Waals surface area contributed by atoms with Gasteiger partial charge in [0, 0.05) is 32.7 Å². The van der Waals surface area contributed by atoms with Crippen molar-refractivity contribution in [2.75, 3.05) is 20.8 Å². The van der Waals surface area contributed by atoms with Crippen LogP contribution in [0.25, 0.3) is 22.3 Å². The predicted molar refractivity (Wildman–Crippen MR) is 112 cm³/mol. The van der Waals surface area contributed by atoms with Gasteiger partial charge in [-0.15, -0.1) is 0 Å². The zero-order valence-corrected chi connectivity index (χ0v) is 17.8. The fourth-order valence-corrected chi connectivity index (χ4v) is 2.96. The van der Waals surface area contributed by atoms with E-state index in [2.05, 4.69) is 73.4 Å². The van der Waals surface area contributed by atoms with E-state index in [-0.39, 0.29) is 0 Å². The van der Waals surface area contributed by atoms with Crippen molar-refractivity contribution in [3.63, 3.8) is 0 Å². The van der Waals surface area contributed by atoms with Crippen LogP contribution in [0.3, 0.4) is 0 Å². The molecule has 0 aliphatic heterocycles. The number of aryl methyl sites for hydroxylation is 3. The van der Waals surface area contributed by atoms with Crippen LogP contribution in [0.15, 0.2) is 24.4 Å². The lowest BCUT2D eigenvalue weighted by molar-refractivity contribution is 0.215. The summed E-state index contributed by atoms with van der Waals surface area (Å²) in [6, 6.07) is 6.31. The molecule has 3 aromatic heterocycles. The van der Waals surface area contributed by atoms with Gasteiger partial charge < -0.3 is 14.0 Å². The SMILES string of the molecule is CCOC.COc1nc(C(C)C)ccc1-c1nc2c(C)cn(C)c2cc1C. The van der Waals surface area contributed by atoms with Gasteiger partial charge >= 0.3 is 0 Å². The highest BCUT2D eigenvalue weighted by molar-refractivity contribution is 5.84. The fraction of sp³-hybridized carbons (Fsp3) is 0.455. The second-order valence-corrected chi connectivity index (χ2v) is 6.97. The largest absolute Gasteiger partial charge is 0.480 e. The standard InChI is InChI=1S/C19H23N3O.C3H8O/c1-11(2)15-8-7-14(19(20-15)23-6)17-12(3)9-16-18(21-17)13(4)10-22(16)5;1-3-4-2/h7-11H,1-6H3;3H2,1-2H3. The highest BCUT2D eigenvalue weighted by Gasteiger charge is 2.16. The van der Waals surface area contributed by atoms with Gasteiger partial charge in [0.2, 0.25) is 5.88 Å². The average molecular weight is 370 g/mol. The van der Waals surface area contributed by atoms with E-state index in [0.717, 1.165) is 40.2 Å². The Kier molecular flexibility index (Phi) is 6.97. The first-order valence-corrected chi connectivity index (χ1v) is 9.31. The van der Waals surface area contributed by atoms with Gasteiger partial charge in [-0.25, -0.2) is 9.97 Å². The summed E-state index contributed by atoms with van der Waals surface area (Å²) in [6.07, 6.45) is 2.11. The number of methoxy groups -OCH3 is 2. The molecule has 0 saturated heterocycles. The van der Waals surface area contributed by atoms with Crippen LogP contribution in [0.4, 0.5) is 0 Å². The third-order valence-electron chi connectivity index (χ3n) is 4.54. The summed E-state index contributed by atoms with van der Waals surface area (Å²) in [5.41, 5.74) is 7.38. The van der Waals surface area contributed by atoms with Crippen LogP contribution in [-0.2, 0) is 11.8 Å². The van der Waals surface area contributed by atoms with Crippen molar-refractivity contribution in [2.24, 2.45) is 7.05 Å². The Labute approximate surface area is 162 Å². The molecule has 27 heavy (non-hydrogen) atoms. The molecule has 0 bridgehead atoms. The van der Waals surface area contributed by atoms with E-state index in [1.165, 1.54) is 5.56 Å². The summed E-state index contributed by atoms with van der Waals surface area (Å²) < 4.78 is 12.2. The van der Waals surface area contributed by atoms with E-state index in [4.69, 9.17) is 9.72 Å². The number of hydrogen-bond acceptors (Lipinski definition) is 4. The summed E-state index contributed by atoms with van der Waals surface area (Å²) in [6.45, 7) is 11.2. The molecule has 0 N–H and O–H groups in total. The topological polar surface area (TPSA) is 49.2 Å². The maximum absolute atomic E-state index is 5.54. The first-order chi connectivity index (χ1) is 12.8. The van der Waals surface area contributed by atoms with Gasteiger partial charge in [-0.2, -0.15) is 0 Å². The zero-order chi connectivity index (χ0) is 20.1. The van der Waals surface area contributed by atoms with Crippen LogP contribution in [-0.4, -0.2) is 35.4 Å². The predicted octanol–water partition coefficient (Wildman–Crippen LogP) is 5.04. The summed E-state index contributed by atoms with van der Waals surface area (Å²) in [5, 5.41) is 0. The quantitative estimate of drug-likeness (QED) is 0.647. The second kappa shape index (κ2) is 9.00. The second-order valence-electron chi connectivity index (χ2n) is 6.97. The monoisotopic (exact) mass is 369 g/mol. The van der Waals surface area contributed by atoms with E-state index < -0.39 is 0 Å². The van der Waals surface area contributed by atoms with Gasteiger partial charge in [0.05, 0.1) is 29.4 Å². The zero-order valence-electron chi connectivity index (χ0n) is 17.8. The first-order valence-electron chi connectivity index (χ1n) is 9.31. The normalized spacial score (nSPS) is 10.9. The first kappa shape index (κ1) is 20.9. The minimum Gasteiger partial charge on any atom is -0.480 e. The lowest BCUT2D eigenvalue weighted by atomic mass is 10.0. The van der Waals surface area contributed by atoms with E-state index >= 15 is 0 Å². The van der Waals surface area contributed by atoms with Crippen LogP contribution >= 0.6 is 0 Å². The van der Waals surface area contributed by atoms with Gasteiger partial charge in [0.15, 0.2) is 0 Å². The third kappa shape index (κ3) is 4.48. The molecule has 0 unspecified atom stereocenters. The average Bonchev–Trinajstić information content (AvgIpc) is 2.93. The van der Waals surface area contributed by atoms with Gasteiger partial charge in [0.1, 0.15) is 0 Å². The Morgan fingerprint density at radius 2 is 1.74 bits per heavy atom. The molecule has 146 valence electrons. The molecule has 3 heterocycles. The van der Waals surface area contributed by atoms with Crippen LogP contribution in [0.1, 0.15) is 43.5 Å². The number of fused-ring (bicyclic) bond motifs is 1. The molecule has 0 fully saturated rings. The molecule has 0 aliphatic rings. The fourth-order valence-electron chi connectivity index (χ4n) is 2.96. The van der Waals surface area contributed by atoms with Crippen molar-refractivity contribution in [1.82, 2.24) is 14.5 Å². The Hall–Kier alpha value is -2.40. The van der Waals surface area contributed by atoms with Crippen LogP contribution in [0.2, 0.25) is 0 Å². The number of pyridine rings is 2. The van der Waals surface area contributed by atoms with Crippen molar-refractivity contribution >= 4 is 11.0 Å². The summed E-state index contributed by atoms with van der Waals surface area (Å²) in [7, 11) is 5.40. The van der Waals surface area contributed by atoms with Crippen LogP contribution in [0, 0.1) is 13.8 Å². The van der Waals surface area contributed by atoms with Crippen molar-refractivity contribution < 1.29 is 9.47 Å². The molecule has 5 nitrogen and oxygen atoms in total. The number of ether oxygens (including phenoxy) is 2. The summed E-state index contributed by atoms with van der Waals surface area (Å²) in [5.74, 6) is 1.01. The Morgan fingerprint density at radius 3 is 2.30 bits per heavy atom. The molecule has 3 rings (SSSR count). The molecule has 3 aromatic rings. The van der Waals surface area contributed by atoms with Crippen molar-refractivity contribution in [3.05, 3.63) is 41.2 Å². The van der Waals surface area contributed by atoms with E-state index in [1.807, 2.05) is 6.92 Å². The highest BCUT2D eigenvalue weighted by Crippen LogP contribution is 2.33. The molecular formula is C22H31N3O2. The van der Waals surface area contributed by atoms with Crippen molar-refractivity contribution in [1.29, 1.82) is 0 Å². The van der Waals surface area contributed by atoms with Crippen LogP contribution < -0.4 is 4.74 Å².